The van der Waals surface area contributed by atoms with Gasteiger partial charge in [0, 0.05) is 6.42 Å². The number of rotatable bonds is 1. The van der Waals surface area contributed by atoms with Gasteiger partial charge in [0.25, 0.3) is 8.25 Å². The number of hydrogen-bond acceptors (Lipinski definition) is 4. The third-order valence-electron chi connectivity index (χ3n) is 0.302. The van der Waals surface area contributed by atoms with Crippen LogP contribution in [0.25, 0.3) is 0 Å². The summed E-state index contributed by atoms with van der Waals surface area (Å²) in [4.78, 5) is 26.3. The topological polar surface area (TPSA) is 137 Å². The van der Waals surface area contributed by atoms with E-state index < -0.39 is 14.2 Å². The van der Waals surface area contributed by atoms with Crippen LogP contribution in [0.4, 0.5) is 0 Å². The summed E-state index contributed by atoms with van der Waals surface area (Å²) in [5.41, 5.74) is 0. The molecule has 11 heavy (non-hydrogen) atoms. The van der Waals surface area contributed by atoms with E-state index >= 15 is 0 Å². The van der Waals surface area contributed by atoms with Crippen LogP contribution in [0.5, 0.6) is 0 Å². The molecular formula is C3H10KNO5P+. The molecule has 0 saturated heterocycles. The summed E-state index contributed by atoms with van der Waals surface area (Å²) < 4.78 is 8.48. The van der Waals surface area contributed by atoms with E-state index in [0.717, 1.165) is 0 Å². The van der Waals surface area contributed by atoms with Gasteiger partial charge < -0.3 is 21.0 Å². The van der Waals surface area contributed by atoms with Crippen molar-refractivity contribution in [3.63, 3.8) is 0 Å². The molecule has 0 aliphatic rings. The number of hydrogen-bond donors (Lipinski definition) is 2. The van der Waals surface area contributed by atoms with Crippen LogP contribution in [-0.4, -0.2) is 11.1 Å². The van der Waals surface area contributed by atoms with E-state index in [1.54, 1.807) is 6.92 Å². The normalized spacial score (nSPS) is 5.73. The van der Waals surface area contributed by atoms with Gasteiger partial charge in [-0.2, -0.15) is 0 Å². The first-order valence-corrected chi connectivity index (χ1v) is 3.13. The van der Waals surface area contributed by atoms with Crippen LogP contribution in [0.3, 0.4) is 0 Å². The van der Waals surface area contributed by atoms with Crippen LogP contribution in [0.15, 0.2) is 0 Å². The standard InChI is InChI=1S/C3H6O2.K.H3N.HO3P/c1-2-3(4)5;;;1-4(2)3/h2H2,1H3,(H,4,5);;1H3;(H,1,2,3)/q;+1;;. The van der Waals surface area contributed by atoms with E-state index in [-0.39, 0.29) is 64.0 Å². The van der Waals surface area contributed by atoms with Crippen LogP contribution in [0.2, 0.25) is 0 Å². The third-order valence-corrected chi connectivity index (χ3v) is 0.302. The molecule has 6 nitrogen and oxygen atoms in total. The Bertz CT molecular complexity index is 106. The van der Waals surface area contributed by atoms with E-state index in [2.05, 4.69) is 0 Å². The minimum atomic E-state index is -3.37. The predicted molar refractivity (Wildman–Crippen MR) is 31.5 cm³/mol. The molecule has 0 aliphatic heterocycles. The van der Waals surface area contributed by atoms with Gasteiger partial charge in [-0.1, -0.05) is 11.5 Å². The molecule has 0 amide bonds. The molecule has 5 N–H and O–H groups in total. The molecule has 0 bridgehead atoms. The summed E-state index contributed by atoms with van der Waals surface area (Å²) in [5, 5.41) is 7.72. The molecular weight excluding hydrogens is 200 g/mol. The maximum Gasteiger partial charge on any atom is 1.00 e. The van der Waals surface area contributed by atoms with Crippen molar-refractivity contribution in [3.8, 4) is 0 Å². The van der Waals surface area contributed by atoms with Gasteiger partial charge in [0.2, 0.25) is 0 Å². The van der Waals surface area contributed by atoms with Gasteiger partial charge in [-0.05, 0) is 0 Å². The second-order valence-electron chi connectivity index (χ2n) is 0.971. The Morgan fingerprint density at radius 1 is 1.55 bits per heavy atom. The van der Waals surface area contributed by atoms with Crippen molar-refractivity contribution in [1.82, 2.24) is 6.15 Å². The zero-order valence-corrected chi connectivity index (χ0v) is 10.8. The molecule has 0 aromatic rings. The Kier molecular flexibility index (Phi) is 35.6. The molecule has 0 radical (unpaired) electrons. The maximum absolute atomic E-state index is 9.37. The van der Waals surface area contributed by atoms with Crippen molar-refractivity contribution >= 4 is 14.2 Å². The largest absolute Gasteiger partial charge is 1.00 e. The van der Waals surface area contributed by atoms with Crippen molar-refractivity contribution in [3.05, 3.63) is 0 Å². The summed E-state index contributed by atoms with van der Waals surface area (Å²) in [6.07, 6.45) is 0.222. The monoisotopic (exact) mass is 210 g/mol. The number of aliphatic carboxylic acids is 1. The van der Waals surface area contributed by atoms with Gasteiger partial charge in [-0.25, -0.2) is 0 Å². The van der Waals surface area contributed by atoms with E-state index in [1.165, 1.54) is 0 Å². The molecule has 8 heteroatoms. The van der Waals surface area contributed by atoms with Gasteiger partial charge in [0.15, 0.2) is 0 Å². The van der Waals surface area contributed by atoms with Gasteiger partial charge >= 0.3 is 57.4 Å². The van der Waals surface area contributed by atoms with Gasteiger partial charge in [-0.15, -0.1) is 0 Å². The first kappa shape index (κ1) is 22.7. The molecule has 0 aliphatic carbocycles. The van der Waals surface area contributed by atoms with Crippen LogP contribution in [0, 0.1) is 0 Å². The average molecular weight is 210 g/mol. The summed E-state index contributed by atoms with van der Waals surface area (Å²) in [6, 6.07) is 0. The Morgan fingerprint density at radius 2 is 1.64 bits per heavy atom. The minimum Gasteiger partial charge on any atom is -0.598 e. The van der Waals surface area contributed by atoms with Gasteiger partial charge in [0.1, 0.15) is 0 Å². The number of quaternary nitrogens is 1. The quantitative estimate of drug-likeness (QED) is 0.338. The van der Waals surface area contributed by atoms with Crippen molar-refractivity contribution in [2.24, 2.45) is 0 Å². The molecule has 62 valence electrons. The predicted octanol–water partition coefficient (Wildman–Crippen LogP) is -3.77. The van der Waals surface area contributed by atoms with Crippen LogP contribution < -0.4 is 67.3 Å². The molecule has 0 aromatic carbocycles. The fraction of sp³-hybridized carbons (Fsp3) is 0.667. The second-order valence-corrected chi connectivity index (χ2v) is 1.42. The van der Waals surface area contributed by atoms with Crippen LogP contribution in [0.1, 0.15) is 13.3 Å². The maximum atomic E-state index is 9.37. The molecule has 0 heterocycles. The molecule has 0 rings (SSSR count). The van der Waals surface area contributed by atoms with Gasteiger partial charge in [-0.3, -0.25) is 4.79 Å². The Balaban J connectivity index is -0.0000000383. The summed E-state index contributed by atoms with van der Waals surface area (Å²) in [7, 11) is -3.37. The SMILES string of the molecule is CCC(=O)O.O=[P+]([O-])[O-].[K+].[NH4+]. The summed E-state index contributed by atoms with van der Waals surface area (Å²) in [5.74, 6) is -0.745. The van der Waals surface area contributed by atoms with Crippen molar-refractivity contribution < 1.29 is 75.6 Å². The number of carboxylic acid groups (broad SMARTS) is 1. The van der Waals surface area contributed by atoms with Crippen molar-refractivity contribution in [1.29, 1.82) is 0 Å². The van der Waals surface area contributed by atoms with Gasteiger partial charge in [0.05, 0.1) is 0 Å². The van der Waals surface area contributed by atoms with E-state index in [9.17, 15) is 4.79 Å². The zero-order chi connectivity index (χ0) is 7.86. The zero-order valence-electron chi connectivity index (χ0n) is 6.73. The number of carboxylic acids is 1. The molecule has 0 aromatic heterocycles. The van der Waals surface area contributed by atoms with Crippen molar-refractivity contribution in [2.75, 3.05) is 0 Å². The fourth-order valence-corrected chi connectivity index (χ4v) is 0. The molecule has 0 atom stereocenters. The van der Waals surface area contributed by atoms with Crippen molar-refractivity contribution in [2.45, 2.75) is 13.3 Å². The number of carbonyl (C=O) groups is 1. The molecule has 0 unspecified atom stereocenters. The van der Waals surface area contributed by atoms with E-state index in [0.29, 0.717) is 0 Å². The Hall–Kier alpha value is 1.09. The smallest absolute Gasteiger partial charge is 0.598 e. The van der Waals surface area contributed by atoms with E-state index in [1.807, 2.05) is 0 Å². The average Bonchev–Trinajstić information content (AvgIpc) is 1.65. The Morgan fingerprint density at radius 3 is 1.64 bits per heavy atom. The minimum absolute atomic E-state index is 0. The molecule has 0 saturated carbocycles. The fourth-order valence-electron chi connectivity index (χ4n) is 0. The second kappa shape index (κ2) is 17.2. The molecule has 0 spiro atoms. The third kappa shape index (κ3) is 96.1. The Labute approximate surface area is 108 Å². The summed E-state index contributed by atoms with van der Waals surface area (Å²) >= 11 is 0. The van der Waals surface area contributed by atoms with Crippen LogP contribution in [-0.2, 0) is 9.36 Å². The van der Waals surface area contributed by atoms with E-state index in [4.69, 9.17) is 19.5 Å². The first-order chi connectivity index (χ1) is 4.00. The molecule has 0 fully saturated rings. The first-order valence-electron chi connectivity index (χ1n) is 2.04. The summed E-state index contributed by atoms with van der Waals surface area (Å²) in [6.45, 7) is 1.60. The van der Waals surface area contributed by atoms with Crippen LogP contribution >= 0.6 is 8.25 Å².